The number of nitrogens with zero attached hydrogens (tertiary/aromatic N) is 1. The van der Waals surface area contributed by atoms with E-state index in [0.29, 0.717) is 25.4 Å². The van der Waals surface area contributed by atoms with Crippen molar-refractivity contribution < 1.29 is 18.7 Å². The number of likely N-dealkylation sites (tertiary alicyclic amines) is 1. The number of ether oxygens (including phenoxy) is 2. The topological polar surface area (TPSA) is 38.8 Å². The van der Waals surface area contributed by atoms with Gasteiger partial charge in [0.25, 0.3) is 0 Å². The molecule has 5 heteroatoms. The van der Waals surface area contributed by atoms with Crippen LogP contribution in [0.15, 0.2) is 42.5 Å². The first-order valence-corrected chi connectivity index (χ1v) is 10.4. The van der Waals surface area contributed by atoms with Crippen LogP contribution in [0.3, 0.4) is 0 Å². The molecule has 0 aliphatic carbocycles. The molecule has 1 amide bonds. The molecule has 2 saturated heterocycles. The van der Waals surface area contributed by atoms with E-state index in [4.69, 9.17) is 9.47 Å². The summed E-state index contributed by atoms with van der Waals surface area (Å²) in [5.74, 6) is 0.640. The molecule has 2 heterocycles. The molecule has 2 aromatic carbocycles. The molecule has 2 fully saturated rings. The molecule has 0 atom stereocenters. The van der Waals surface area contributed by atoms with Crippen molar-refractivity contribution in [1.29, 1.82) is 0 Å². The zero-order chi connectivity index (χ0) is 20.3. The van der Waals surface area contributed by atoms with Crippen molar-refractivity contribution in [2.75, 3.05) is 33.4 Å². The molecule has 2 aliphatic heterocycles. The number of carbonyl (C=O) groups is 1. The third kappa shape index (κ3) is 4.15. The van der Waals surface area contributed by atoms with Crippen molar-refractivity contribution in [2.24, 2.45) is 5.41 Å². The van der Waals surface area contributed by atoms with Crippen molar-refractivity contribution in [3.8, 4) is 16.9 Å². The van der Waals surface area contributed by atoms with Gasteiger partial charge in [0, 0.05) is 31.9 Å². The minimum atomic E-state index is -0.374. The van der Waals surface area contributed by atoms with Crippen molar-refractivity contribution in [3.63, 3.8) is 0 Å². The van der Waals surface area contributed by atoms with E-state index in [1.165, 1.54) is 12.1 Å². The highest BCUT2D eigenvalue weighted by Gasteiger charge is 2.43. The second-order valence-corrected chi connectivity index (χ2v) is 8.11. The number of hydrogen-bond donors (Lipinski definition) is 0. The van der Waals surface area contributed by atoms with E-state index in [2.05, 4.69) is 0 Å². The summed E-state index contributed by atoms with van der Waals surface area (Å²) < 4.78 is 24.7. The van der Waals surface area contributed by atoms with Crippen LogP contribution in [0.5, 0.6) is 5.75 Å². The molecule has 2 aliphatic rings. The van der Waals surface area contributed by atoms with Crippen LogP contribution < -0.4 is 4.74 Å². The van der Waals surface area contributed by atoms with Gasteiger partial charge in [0.05, 0.1) is 12.5 Å². The second-order valence-electron chi connectivity index (χ2n) is 8.11. The SMILES string of the molecule is COc1ccc(F)cc1-c1ccc(CC2(C(=O)N3CCCC3)CCOCC2)cc1. The normalized spacial score (nSPS) is 18.6. The monoisotopic (exact) mass is 397 g/mol. The van der Waals surface area contributed by atoms with Crippen LogP contribution in [0, 0.1) is 11.2 Å². The third-order valence-corrected chi connectivity index (χ3v) is 6.27. The lowest BCUT2D eigenvalue weighted by molar-refractivity contribution is -0.146. The van der Waals surface area contributed by atoms with E-state index >= 15 is 0 Å². The van der Waals surface area contributed by atoms with E-state index in [1.807, 2.05) is 29.2 Å². The summed E-state index contributed by atoms with van der Waals surface area (Å²) >= 11 is 0. The predicted molar refractivity (Wildman–Crippen MR) is 110 cm³/mol. The number of hydrogen-bond acceptors (Lipinski definition) is 3. The van der Waals surface area contributed by atoms with E-state index in [9.17, 15) is 9.18 Å². The zero-order valence-corrected chi connectivity index (χ0v) is 17.0. The summed E-state index contributed by atoms with van der Waals surface area (Å²) in [6, 6.07) is 12.6. The molecule has 4 rings (SSSR count). The Hall–Kier alpha value is -2.40. The van der Waals surface area contributed by atoms with Gasteiger partial charge in [0.1, 0.15) is 11.6 Å². The second kappa shape index (κ2) is 8.54. The first-order valence-electron chi connectivity index (χ1n) is 10.4. The van der Waals surface area contributed by atoms with E-state index in [1.54, 1.807) is 13.2 Å². The van der Waals surface area contributed by atoms with Gasteiger partial charge in [0.15, 0.2) is 0 Å². The highest BCUT2D eigenvalue weighted by atomic mass is 19.1. The number of carbonyl (C=O) groups excluding carboxylic acids is 1. The maximum absolute atomic E-state index is 13.7. The number of methoxy groups -OCH3 is 1. The number of benzene rings is 2. The standard InChI is InChI=1S/C24H28FNO3/c1-28-22-9-8-20(25)16-21(22)19-6-4-18(5-7-19)17-24(10-14-29-15-11-24)23(27)26-12-2-3-13-26/h4-9,16H,2-3,10-15,17H2,1H3. The van der Waals surface area contributed by atoms with Crippen LogP contribution in [0.25, 0.3) is 11.1 Å². The zero-order valence-electron chi connectivity index (χ0n) is 17.0. The molecule has 0 radical (unpaired) electrons. The first-order chi connectivity index (χ1) is 14.1. The lowest BCUT2D eigenvalue weighted by atomic mass is 9.74. The van der Waals surface area contributed by atoms with Gasteiger partial charge in [-0.2, -0.15) is 0 Å². The Kier molecular flexibility index (Phi) is 5.86. The lowest BCUT2D eigenvalue weighted by Gasteiger charge is -2.38. The molecule has 29 heavy (non-hydrogen) atoms. The van der Waals surface area contributed by atoms with Crippen LogP contribution in [-0.2, 0) is 16.0 Å². The van der Waals surface area contributed by atoms with E-state index < -0.39 is 0 Å². The van der Waals surface area contributed by atoms with Crippen molar-refractivity contribution in [1.82, 2.24) is 4.90 Å². The van der Waals surface area contributed by atoms with E-state index in [0.717, 1.165) is 55.5 Å². The van der Waals surface area contributed by atoms with Crippen LogP contribution in [0.1, 0.15) is 31.2 Å². The molecule has 0 saturated carbocycles. The summed E-state index contributed by atoms with van der Waals surface area (Å²) in [5.41, 5.74) is 2.38. The molecule has 0 bridgehead atoms. The molecule has 154 valence electrons. The first kappa shape index (κ1) is 19.9. The molecular weight excluding hydrogens is 369 g/mol. The van der Waals surface area contributed by atoms with Crippen molar-refractivity contribution in [3.05, 3.63) is 53.8 Å². The lowest BCUT2D eigenvalue weighted by Crippen LogP contribution is -2.47. The smallest absolute Gasteiger partial charge is 0.229 e. The summed E-state index contributed by atoms with van der Waals surface area (Å²) in [6.45, 7) is 3.02. The molecule has 0 aromatic heterocycles. The Balaban J connectivity index is 1.58. The molecule has 2 aromatic rings. The molecule has 0 N–H and O–H groups in total. The van der Waals surface area contributed by atoms with Gasteiger partial charge in [0.2, 0.25) is 5.91 Å². The van der Waals surface area contributed by atoms with Crippen LogP contribution in [0.2, 0.25) is 0 Å². The number of halogens is 1. The maximum atomic E-state index is 13.7. The van der Waals surface area contributed by atoms with Gasteiger partial charge >= 0.3 is 0 Å². The summed E-state index contributed by atoms with van der Waals surface area (Å²) in [5, 5.41) is 0. The Morgan fingerprint density at radius 2 is 1.79 bits per heavy atom. The molecule has 4 nitrogen and oxygen atoms in total. The Morgan fingerprint density at radius 3 is 2.45 bits per heavy atom. The van der Waals surface area contributed by atoms with Crippen LogP contribution in [0.4, 0.5) is 4.39 Å². The summed E-state index contributed by atoms with van der Waals surface area (Å²) in [4.78, 5) is 15.4. The highest BCUT2D eigenvalue weighted by Crippen LogP contribution is 2.38. The van der Waals surface area contributed by atoms with Crippen LogP contribution >= 0.6 is 0 Å². The van der Waals surface area contributed by atoms with Gasteiger partial charge in [-0.15, -0.1) is 0 Å². The highest BCUT2D eigenvalue weighted by molar-refractivity contribution is 5.83. The Labute approximate surface area is 171 Å². The Morgan fingerprint density at radius 1 is 1.10 bits per heavy atom. The van der Waals surface area contributed by atoms with Gasteiger partial charge in [-0.1, -0.05) is 24.3 Å². The predicted octanol–water partition coefficient (Wildman–Crippen LogP) is 4.46. The quantitative estimate of drug-likeness (QED) is 0.748. The third-order valence-electron chi connectivity index (χ3n) is 6.27. The minimum Gasteiger partial charge on any atom is -0.496 e. The van der Waals surface area contributed by atoms with Crippen molar-refractivity contribution in [2.45, 2.75) is 32.1 Å². The van der Waals surface area contributed by atoms with Gasteiger partial charge in [-0.25, -0.2) is 4.39 Å². The minimum absolute atomic E-state index is 0.286. The number of rotatable bonds is 5. The fourth-order valence-corrected chi connectivity index (χ4v) is 4.58. The average Bonchev–Trinajstić information content (AvgIpc) is 3.29. The van der Waals surface area contributed by atoms with Crippen molar-refractivity contribution >= 4 is 5.91 Å². The fraction of sp³-hybridized carbons (Fsp3) is 0.458. The number of amides is 1. The van der Waals surface area contributed by atoms with Gasteiger partial charge in [-0.05, 0) is 61.4 Å². The van der Waals surface area contributed by atoms with Crippen LogP contribution in [-0.4, -0.2) is 44.2 Å². The maximum Gasteiger partial charge on any atom is 0.229 e. The molecule has 0 spiro atoms. The van der Waals surface area contributed by atoms with Gasteiger partial charge in [-0.3, -0.25) is 4.79 Å². The van der Waals surface area contributed by atoms with Gasteiger partial charge < -0.3 is 14.4 Å². The Bertz CT molecular complexity index is 853. The average molecular weight is 397 g/mol. The largest absolute Gasteiger partial charge is 0.496 e. The summed E-state index contributed by atoms with van der Waals surface area (Å²) in [6.07, 6.45) is 4.45. The summed E-state index contributed by atoms with van der Waals surface area (Å²) in [7, 11) is 1.59. The fourth-order valence-electron chi connectivity index (χ4n) is 4.58. The molecule has 0 unspecified atom stereocenters. The van der Waals surface area contributed by atoms with E-state index in [-0.39, 0.29) is 17.1 Å². The molecular formula is C24H28FNO3.